The van der Waals surface area contributed by atoms with Crippen LogP contribution in [0.1, 0.15) is 16.8 Å². The number of carboxylic acids is 1. The van der Waals surface area contributed by atoms with E-state index in [4.69, 9.17) is 16.3 Å². The average Bonchev–Trinajstić information content (AvgIpc) is 3.03. The molecule has 1 aliphatic rings. The second-order valence-electron chi connectivity index (χ2n) is 6.08. The van der Waals surface area contributed by atoms with Crippen LogP contribution in [0.4, 0.5) is 11.4 Å². The van der Waals surface area contributed by atoms with Crippen LogP contribution in [0.2, 0.25) is 5.02 Å². The fourth-order valence-corrected chi connectivity index (χ4v) is 3.12. The third kappa shape index (κ3) is 4.03. The molecule has 0 radical (unpaired) electrons. The number of nitrogens with one attached hydrogen (secondary N) is 1. The zero-order valence-corrected chi connectivity index (χ0v) is 15.2. The maximum Gasteiger partial charge on any atom is 0.229 e. The molecule has 0 bridgehead atoms. The van der Waals surface area contributed by atoms with Gasteiger partial charge in [0.15, 0.2) is 0 Å². The lowest BCUT2D eigenvalue weighted by molar-refractivity contribution is -0.255. The van der Waals surface area contributed by atoms with E-state index in [2.05, 4.69) is 5.32 Å². The van der Waals surface area contributed by atoms with Crippen molar-refractivity contribution in [3.05, 3.63) is 53.1 Å². The summed E-state index contributed by atoms with van der Waals surface area (Å²) in [5.74, 6) is -2.04. The minimum absolute atomic E-state index is 0.0294. The Balaban J connectivity index is 1.75. The van der Waals surface area contributed by atoms with Crippen molar-refractivity contribution in [3.63, 3.8) is 0 Å². The SMILES string of the molecule is COc1ccc(Cl)cc1N1C[C@H](C(=O)Nc2cccc(C(=O)[O-])c2)CC1=O. The number of carbonyl (C=O) groups is 3. The van der Waals surface area contributed by atoms with E-state index in [1.165, 1.54) is 30.2 Å². The third-order valence-electron chi connectivity index (χ3n) is 4.29. The highest BCUT2D eigenvalue weighted by atomic mass is 35.5. The Hall–Kier alpha value is -3.06. The van der Waals surface area contributed by atoms with E-state index in [0.717, 1.165) is 0 Å². The van der Waals surface area contributed by atoms with Crippen LogP contribution in [0.5, 0.6) is 5.75 Å². The van der Waals surface area contributed by atoms with Crippen molar-refractivity contribution in [2.45, 2.75) is 6.42 Å². The molecular weight excluding hydrogens is 372 g/mol. The van der Waals surface area contributed by atoms with Crippen LogP contribution in [0.25, 0.3) is 0 Å². The van der Waals surface area contributed by atoms with Gasteiger partial charge in [0.05, 0.1) is 24.7 Å². The fraction of sp³-hybridized carbons (Fsp3) is 0.211. The molecule has 1 atom stereocenters. The van der Waals surface area contributed by atoms with Crippen LogP contribution >= 0.6 is 11.6 Å². The predicted molar refractivity (Wildman–Crippen MR) is 97.9 cm³/mol. The molecule has 0 unspecified atom stereocenters. The van der Waals surface area contributed by atoms with Gasteiger partial charge < -0.3 is 24.9 Å². The molecule has 0 spiro atoms. The van der Waals surface area contributed by atoms with E-state index in [1.807, 2.05) is 0 Å². The number of halogens is 1. The van der Waals surface area contributed by atoms with Gasteiger partial charge in [0.1, 0.15) is 5.75 Å². The van der Waals surface area contributed by atoms with Gasteiger partial charge in [-0.15, -0.1) is 0 Å². The van der Waals surface area contributed by atoms with E-state index in [1.54, 1.807) is 24.3 Å². The fourth-order valence-electron chi connectivity index (χ4n) is 2.96. The molecule has 2 amide bonds. The van der Waals surface area contributed by atoms with Crippen molar-refractivity contribution >= 4 is 40.8 Å². The summed E-state index contributed by atoms with van der Waals surface area (Å²) in [6.07, 6.45) is 0.0294. The van der Waals surface area contributed by atoms with Gasteiger partial charge in [0.2, 0.25) is 11.8 Å². The van der Waals surface area contributed by atoms with Gasteiger partial charge in [0.25, 0.3) is 0 Å². The highest BCUT2D eigenvalue weighted by molar-refractivity contribution is 6.31. The molecule has 2 aromatic carbocycles. The largest absolute Gasteiger partial charge is 0.545 e. The lowest BCUT2D eigenvalue weighted by Gasteiger charge is -2.20. The van der Waals surface area contributed by atoms with E-state index < -0.39 is 11.9 Å². The first-order chi connectivity index (χ1) is 12.9. The van der Waals surface area contributed by atoms with Crippen LogP contribution < -0.4 is 20.1 Å². The quantitative estimate of drug-likeness (QED) is 0.841. The van der Waals surface area contributed by atoms with E-state index in [0.29, 0.717) is 22.1 Å². The molecule has 0 saturated carbocycles. The van der Waals surface area contributed by atoms with E-state index in [-0.39, 0.29) is 30.3 Å². The summed E-state index contributed by atoms with van der Waals surface area (Å²) >= 11 is 6.02. The third-order valence-corrected chi connectivity index (χ3v) is 4.53. The Morgan fingerprint density at radius 1 is 1.26 bits per heavy atom. The number of hydrogen-bond acceptors (Lipinski definition) is 5. The number of rotatable bonds is 5. The summed E-state index contributed by atoms with van der Waals surface area (Å²) in [7, 11) is 1.49. The molecule has 1 aliphatic heterocycles. The molecule has 1 fully saturated rings. The number of benzene rings is 2. The molecule has 140 valence electrons. The number of carboxylic acid groups (broad SMARTS) is 1. The average molecular weight is 388 g/mol. The molecule has 0 aliphatic carbocycles. The normalized spacial score (nSPS) is 16.3. The minimum atomic E-state index is -1.33. The van der Waals surface area contributed by atoms with Gasteiger partial charge in [-0.25, -0.2) is 0 Å². The van der Waals surface area contributed by atoms with Gasteiger partial charge in [-0.1, -0.05) is 23.7 Å². The monoisotopic (exact) mass is 387 g/mol. The number of hydrogen-bond donors (Lipinski definition) is 1. The molecule has 7 nitrogen and oxygen atoms in total. The summed E-state index contributed by atoms with van der Waals surface area (Å²) < 4.78 is 5.27. The first kappa shape index (κ1) is 18.7. The van der Waals surface area contributed by atoms with Crippen LogP contribution in [0.3, 0.4) is 0 Å². The zero-order chi connectivity index (χ0) is 19.6. The first-order valence-electron chi connectivity index (χ1n) is 8.15. The highest BCUT2D eigenvalue weighted by Gasteiger charge is 2.36. The Morgan fingerprint density at radius 3 is 2.74 bits per heavy atom. The van der Waals surface area contributed by atoms with Gasteiger partial charge in [-0.05, 0) is 35.9 Å². The molecule has 27 heavy (non-hydrogen) atoms. The lowest BCUT2D eigenvalue weighted by Crippen LogP contribution is -2.28. The number of nitrogens with zero attached hydrogens (tertiary/aromatic N) is 1. The summed E-state index contributed by atoms with van der Waals surface area (Å²) in [4.78, 5) is 37.3. The molecule has 1 N–H and O–H groups in total. The predicted octanol–water partition coefficient (Wildman–Crippen LogP) is 1.70. The molecule has 2 aromatic rings. The minimum Gasteiger partial charge on any atom is -0.545 e. The van der Waals surface area contributed by atoms with Crippen LogP contribution in [0.15, 0.2) is 42.5 Å². The van der Waals surface area contributed by atoms with Crippen molar-refractivity contribution in [2.75, 3.05) is 23.9 Å². The molecule has 3 rings (SSSR count). The maximum atomic E-state index is 12.5. The molecule has 1 saturated heterocycles. The van der Waals surface area contributed by atoms with E-state index in [9.17, 15) is 19.5 Å². The van der Waals surface area contributed by atoms with Crippen molar-refractivity contribution in [3.8, 4) is 5.75 Å². The number of amides is 2. The second-order valence-corrected chi connectivity index (χ2v) is 6.52. The summed E-state index contributed by atoms with van der Waals surface area (Å²) in [6, 6.07) is 10.7. The summed E-state index contributed by atoms with van der Waals surface area (Å²) in [5, 5.41) is 14.0. The van der Waals surface area contributed by atoms with Gasteiger partial charge in [-0.2, -0.15) is 0 Å². The van der Waals surface area contributed by atoms with Crippen molar-refractivity contribution < 1.29 is 24.2 Å². The Kier molecular flexibility index (Phi) is 5.32. The standard InChI is InChI=1S/C19H17ClN2O5/c1-27-16-6-5-13(20)9-15(16)22-10-12(8-17(22)23)18(24)21-14-4-2-3-11(7-14)19(25)26/h2-7,9,12H,8,10H2,1H3,(H,21,24)(H,25,26)/p-1/t12-/m1/s1. The summed E-state index contributed by atoms with van der Waals surface area (Å²) in [6.45, 7) is 0.168. The molecule has 8 heteroatoms. The van der Waals surface area contributed by atoms with Crippen molar-refractivity contribution in [2.24, 2.45) is 5.92 Å². The van der Waals surface area contributed by atoms with Crippen molar-refractivity contribution in [1.82, 2.24) is 0 Å². The van der Waals surface area contributed by atoms with Gasteiger partial charge in [-0.3, -0.25) is 9.59 Å². The maximum absolute atomic E-state index is 12.5. The number of anilines is 2. The Bertz CT molecular complexity index is 915. The number of carbonyl (C=O) groups excluding carboxylic acids is 3. The Labute approximate surface area is 160 Å². The number of aromatic carboxylic acids is 1. The van der Waals surface area contributed by atoms with Crippen molar-refractivity contribution in [1.29, 1.82) is 0 Å². The highest BCUT2D eigenvalue weighted by Crippen LogP contribution is 2.35. The number of ether oxygens (including phenoxy) is 1. The zero-order valence-electron chi connectivity index (χ0n) is 14.4. The topological polar surface area (TPSA) is 98.8 Å². The lowest BCUT2D eigenvalue weighted by atomic mass is 10.1. The van der Waals surface area contributed by atoms with Crippen LogP contribution in [-0.4, -0.2) is 31.4 Å². The Morgan fingerprint density at radius 2 is 2.04 bits per heavy atom. The first-order valence-corrected chi connectivity index (χ1v) is 8.53. The van der Waals surface area contributed by atoms with Crippen LogP contribution in [0, 0.1) is 5.92 Å². The molecule has 1 heterocycles. The molecular formula is C19H16ClN2O5-. The summed E-state index contributed by atoms with van der Waals surface area (Å²) in [5.41, 5.74) is 0.790. The molecule has 0 aromatic heterocycles. The van der Waals surface area contributed by atoms with E-state index >= 15 is 0 Å². The van der Waals surface area contributed by atoms with Gasteiger partial charge in [0, 0.05) is 23.7 Å². The van der Waals surface area contributed by atoms with Gasteiger partial charge >= 0.3 is 0 Å². The second kappa shape index (κ2) is 7.67. The smallest absolute Gasteiger partial charge is 0.229 e. The number of methoxy groups -OCH3 is 1. The van der Waals surface area contributed by atoms with Crippen LogP contribution in [-0.2, 0) is 9.59 Å².